The number of hydrogen-bond donors (Lipinski definition) is 2. The van der Waals surface area contributed by atoms with E-state index in [1.165, 1.54) is 18.2 Å². The summed E-state index contributed by atoms with van der Waals surface area (Å²) in [5, 5.41) is 4.41. The van der Waals surface area contributed by atoms with Gasteiger partial charge < -0.3 is 5.32 Å². The zero-order valence-corrected chi connectivity index (χ0v) is 21.6. The van der Waals surface area contributed by atoms with Crippen molar-refractivity contribution in [1.82, 2.24) is 4.90 Å². The Bertz CT molecular complexity index is 1650. The van der Waals surface area contributed by atoms with Crippen LogP contribution in [0.5, 0.6) is 0 Å². The lowest BCUT2D eigenvalue weighted by Gasteiger charge is -2.27. The average molecular weight is 548 g/mol. The van der Waals surface area contributed by atoms with E-state index in [0.717, 1.165) is 10.3 Å². The first kappa shape index (κ1) is 25.4. The largest absolute Gasteiger partial charge is 0.326 e. The highest BCUT2D eigenvalue weighted by molar-refractivity contribution is 7.92. The molecule has 0 aliphatic carbocycles. The second-order valence-corrected chi connectivity index (χ2v) is 10.8. The fraction of sp³-hybridized carbons (Fsp3) is 0.107. The fourth-order valence-corrected chi connectivity index (χ4v) is 5.76. The SMILES string of the molecule is O=C(CCCN1C(=O)c2cccc3cccc(c23)C1=O)Nc1cccc(S(=O)(=O)Nc2ccccc2Cl)c1. The van der Waals surface area contributed by atoms with Crippen molar-refractivity contribution >= 4 is 61.5 Å². The summed E-state index contributed by atoms with van der Waals surface area (Å²) in [5.74, 6) is -1.15. The van der Waals surface area contributed by atoms with E-state index in [1.54, 1.807) is 54.6 Å². The van der Waals surface area contributed by atoms with Crippen LogP contribution in [0.2, 0.25) is 5.02 Å². The molecule has 38 heavy (non-hydrogen) atoms. The van der Waals surface area contributed by atoms with Gasteiger partial charge in [-0.05, 0) is 54.3 Å². The number of rotatable bonds is 8. The molecule has 1 aliphatic rings. The molecule has 0 unspecified atom stereocenters. The number of nitrogens with zero attached hydrogens (tertiary/aromatic N) is 1. The van der Waals surface area contributed by atoms with E-state index in [2.05, 4.69) is 10.0 Å². The molecule has 5 rings (SSSR count). The molecule has 4 aromatic carbocycles. The number of benzene rings is 4. The minimum absolute atomic E-state index is 0.0256. The van der Waals surface area contributed by atoms with E-state index in [1.807, 2.05) is 12.1 Å². The Balaban J connectivity index is 1.22. The van der Waals surface area contributed by atoms with Gasteiger partial charge in [0.2, 0.25) is 5.91 Å². The van der Waals surface area contributed by atoms with Crippen molar-refractivity contribution in [2.45, 2.75) is 17.7 Å². The highest BCUT2D eigenvalue weighted by Crippen LogP contribution is 2.30. The molecule has 8 nitrogen and oxygen atoms in total. The van der Waals surface area contributed by atoms with Crippen LogP contribution in [-0.2, 0) is 14.8 Å². The Hall–Kier alpha value is -4.21. The topological polar surface area (TPSA) is 113 Å². The standard InChI is InChI=1S/C28H22ClN3O5S/c29-23-13-1-2-14-24(23)31-38(36,37)20-10-5-9-19(17-20)30-25(33)15-6-16-32-27(34)21-11-3-7-18-8-4-12-22(26(18)21)28(32)35/h1-5,7-14,17,31H,6,15-16H2,(H,30,33). The second kappa shape index (κ2) is 10.3. The Morgan fingerprint density at radius 3 is 2.18 bits per heavy atom. The number of imide groups is 1. The van der Waals surface area contributed by atoms with Crippen molar-refractivity contribution in [2.75, 3.05) is 16.6 Å². The molecule has 3 amide bonds. The summed E-state index contributed by atoms with van der Waals surface area (Å²) in [6, 6.07) is 22.9. The molecule has 0 atom stereocenters. The summed E-state index contributed by atoms with van der Waals surface area (Å²) in [5.41, 5.74) is 1.46. The van der Waals surface area contributed by atoms with Crippen LogP contribution in [0.4, 0.5) is 11.4 Å². The van der Waals surface area contributed by atoms with Crippen LogP contribution in [-0.4, -0.2) is 37.6 Å². The summed E-state index contributed by atoms with van der Waals surface area (Å²) in [7, 11) is -3.95. The molecule has 0 saturated carbocycles. The number of carbonyl (C=O) groups is 3. The van der Waals surface area contributed by atoms with Crippen molar-refractivity contribution in [2.24, 2.45) is 0 Å². The Labute approximate surface area is 224 Å². The lowest BCUT2D eigenvalue weighted by atomic mass is 9.94. The Morgan fingerprint density at radius 2 is 1.50 bits per heavy atom. The Morgan fingerprint density at radius 1 is 0.842 bits per heavy atom. The summed E-state index contributed by atoms with van der Waals surface area (Å²) in [6.45, 7) is 0.0754. The zero-order valence-electron chi connectivity index (χ0n) is 20.0. The maximum atomic E-state index is 13.0. The minimum atomic E-state index is -3.95. The third kappa shape index (κ3) is 4.98. The molecule has 10 heteroatoms. The van der Waals surface area contributed by atoms with E-state index in [-0.39, 0.29) is 52.7 Å². The zero-order chi connectivity index (χ0) is 26.9. The molecule has 4 aromatic rings. The fourth-order valence-electron chi connectivity index (χ4n) is 4.39. The molecular formula is C28H22ClN3O5S. The van der Waals surface area contributed by atoms with Gasteiger partial charge in [-0.2, -0.15) is 0 Å². The third-order valence-electron chi connectivity index (χ3n) is 6.19. The molecule has 0 bridgehead atoms. The monoisotopic (exact) mass is 547 g/mol. The van der Waals surface area contributed by atoms with Gasteiger partial charge in [0.25, 0.3) is 21.8 Å². The van der Waals surface area contributed by atoms with Crippen LogP contribution in [0.1, 0.15) is 33.6 Å². The van der Waals surface area contributed by atoms with Gasteiger partial charge in [-0.25, -0.2) is 8.42 Å². The van der Waals surface area contributed by atoms with Crippen LogP contribution in [0, 0.1) is 0 Å². The lowest BCUT2D eigenvalue weighted by Crippen LogP contribution is -2.41. The van der Waals surface area contributed by atoms with E-state index >= 15 is 0 Å². The highest BCUT2D eigenvalue weighted by Gasteiger charge is 2.32. The van der Waals surface area contributed by atoms with E-state index in [4.69, 9.17) is 11.6 Å². The van der Waals surface area contributed by atoms with Crippen molar-refractivity contribution in [3.63, 3.8) is 0 Å². The van der Waals surface area contributed by atoms with Crippen LogP contribution >= 0.6 is 11.6 Å². The molecule has 0 saturated heterocycles. The smallest absolute Gasteiger partial charge is 0.262 e. The molecule has 2 N–H and O–H groups in total. The number of nitrogens with one attached hydrogen (secondary N) is 2. The number of carbonyl (C=O) groups excluding carboxylic acids is 3. The summed E-state index contributed by atoms with van der Waals surface area (Å²) in [6.07, 6.45) is 0.269. The van der Waals surface area contributed by atoms with E-state index in [0.29, 0.717) is 22.2 Å². The van der Waals surface area contributed by atoms with E-state index in [9.17, 15) is 22.8 Å². The van der Waals surface area contributed by atoms with Gasteiger partial charge in [0.15, 0.2) is 0 Å². The first-order chi connectivity index (χ1) is 18.2. The maximum absolute atomic E-state index is 13.0. The van der Waals surface area contributed by atoms with Gasteiger partial charge in [-0.1, -0.05) is 54.1 Å². The van der Waals surface area contributed by atoms with Gasteiger partial charge in [-0.3, -0.25) is 24.0 Å². The van der Waals surface area contributed by atoms with Crippen LogP contribution in [0.15, 0.2) is 89.8 Å². The average Bonchev–Trinajstić information content (AvgIpc) is 2.90. The molecule has 1 heterocycles. The van der Waals surface area contributed by atoms with Crippen LogP contribution in [0.25, 0.3) is 10.8 Å². The second-order valence-electron chi connectivity index (χ2n) is 8.74. The molecule has 0 radical (unpaired) electrons. The molecule has 0 fully saturated rings. The highest BCUT2D eigenvalue weighted by atomic mass is 35.5. The maximum Gasteiger partial charge on any atom is 0.262 e. The first-order valence-electron chi connectivity index (χ1n) is 11.8. The Kier molecular flexibility index (Phi) is 6.88. The van der Waals surface area contributed by atoms with Gasteiger partial charge in [0.1, 0.15) is 0 Å². The summed E-state index contributed by atoms with van der Waals surface area (Å²) in [4.78, 5) is 39.7. The minimum Gasteiger partial charge on any atom is -0.326 e. The van der Waals surface area contributed by atoms with Crippen LogP contribution in [0.3, 0.4) is 0 Å². The van der Waals surface area contributed by atoms with E-state index < -0.39 is 10.0 Å². The van der Waals surface area contributed by atoms with Gasteiger partial charge in [0.05, 0.1) is 15.6 Å². The number of halogens is 1. The molecule has 192 valence electrons. The van der Waals surface area contributed by atoms with Gasteiger partial charge in [0, 0.05) is 35.2 Å². The molecular weight excluding hydrogens is 526 g/mol. The van der Waals surface area contributed by atoms with Gasteiger partial charge >= 0.3 is 0 Å². The van der Waals surface area contributed by atoms with Crippen molar-refractivity contribution < 1.29 is 22.8 Å². The van der Waals surface area contributed by atoms with Gasteiger partial charge in [-0.15, -0.1) is 0 Å². The normalized spacial score (nSPS) is 13.0. The predicted octanol–water partition coefficient (Wildman–Crippen LogP) is 5.31. The number of para-hydroxylation sites is 1. The number of amides is 3. The van der Waals surface area contributed by atoms with Crippen molar-refractivity contribution in [3.05, 3.63) is 101 Å². The third-order valence-corrected chi connectivity index (χ3v) is 7.88. The van der Waals surface area contributed by atoms with Crippen LogP contribution < -0.4 is 10.0 Å². The van der Waals surface area contributed by atoms with Crippen molar-refractivity contribution in [1.29, 1.82) is 0 Å². The quantitative estimate of drug-likeness (QED) is 0.290. The molecule has 0 aromatic heterocycles. The predicted molar refractivity (Wildman–Crippen MR) is 146 cm³/mol. The summed E-state index contributed by atoms with van der Waals surface area (Å²) < 4.78 is 28.0. The number of sulfonamides is 1. The number of hydrogen-bond acceptors (Lipinski definition) is 5. The molecule has 0 spiro atoms. The molecule has 1 aliphatic heterocycles. The first-order valence-corrected chi connectivity index (χ1v) is 13.7. The summed E-state index contributed by atoms with van der Waals surface area (Å²) >= 11 is 6.06. The number of anilines is 2. The lowest BCUT2D eigenvalue weighted by molar-refractivity contribution is -0.116. The van der Waals surface area contributed by atoms with Crippen molar-refractivity contribution in [3.8, 4) is 0 Å².